The largest absolute Gasteiger partial charge is 0.351 e. The van der Waals surface area contributed by atoms with E-state index in [9.17, 15) is 18.4 Å². The van der Waals surface area contributed by atoms with Crippen molar-refractivity contribution in [1.29, 1.82) is 0 Å². The number of nitrogens with zero attached hydrogens (tertiary/aromatic N) is 1. The van der Waals surface area contributed by atoms with Crippen LogP contribution in [0.2, 0.25) is 0 Å². The van der Waals surface area contributed by atoms with Gasteiger partial charge in [0.1, 0.15) is 11.6 Å². The molecule has 1 fully saturated rings. The van der Waals surface area contributed by atoms with Crippen molar-refractivity contribution < 1.29 is 18.4 Å². The summed E-state index contributed by atoms with van der Waals surface area (Å²) in [7, 11) is 0. The fourth-order valence-electron chi connectivity index (χ4n) is 5.03. The number of halogens is 2. The molecule has 0 bridgehead atoms. The Hall–Kier alpha value is -3.88. The molecule has 210 valence electrons. The van der Waals surface area contributed by atoms with Gasteiger partial charge >= 0.3 is 0 Å². The quantitative estimate of drug-likeness (QED) is 0.314. The first-order valence-corrected chi connectivity index (χ1v) is 13.7. The molecule has 40 heavy (non-hydrogen) atoms. The Morgan fingerprint density at radius 2 is 1.73 bits per heavy atom. The Morgan fingerprint density at radius 3 is 2.35 bits per heavy atom. The molecular formula is C32H36F2N4O2. The Morgan fingerprint density at radius 1 is 1.05 bits per heavy atom. The van der Waals surface area contributed by atoms with E-state index in [0.29, 0.717) is 45.4 Å². The summed E-state index contributed by atoms with van der Waals surface area (Å²) in [5.41, 5.74) is 8.18. The molecule has 3 aromatic carbocycles. The Bertz CT molecular complexity index is 1250. The van der Waals surface area contributed by atoms with E-state index < -0.39 is 23.6 Å². The van der Waals surface area contributed by atoms with Crippen LogP contribution in [0.15, 0.2) is 84.9 Å². The summed E-state index contributed by atoms with van der Waals surface area (Å²) in [4.78, 5) is 28.1. The maximum absolute atomic E-state index is 13.9. The van der Waals surface area contributed by atoms with Gasteiger partial charge in [0.2, 0.25) is 11.8 Å². The Balaban J connectivity index is 1.44. The fraction of sp³-hybridized carbons (Fsp3) is 0.312. The number of rotatable bonds is 11. The summed E-state index contributed by atoms with van der Waals surface area (Å²) < 4.78 is 27.0. The van der Waals surface area contributed by atoms with Crippen molar-refractivity contribution in [2.24, 2.45) is 5.73 Å². The molecule has 3 aromatic rings. The highest BCUT2D eigenvalue weighted by Crippen LogP contribution is 2.27. The molecule has 0 aliphatic carbocycles. The zero-order valence-corrected chi connectivity index (χ0v) is 22.4. The summed E-state index contributed by atoms with van der Waals surface area (Å²) in [6.07, 6.45) is 4.48. The third-order valence-electron chi connectivity index (χ3n) is 7.20. The van der Waals surface area contributed by atoms with Gasteiger partial charge in [-0.05, 0) is 55.1 Å². The normalized spacial score (nSPS) is 17.8. The number of carbonyl (C=O) groups excluding carboxylic acids is 2. The van der Waals surface area contributed by atoms with E-state index in [4.69, 9.17) is 5.73 Å². The number of hydrogen-bond donors (Lipinski definition) is 3. The summed E-state index contributed by atoms with van der Waals surface area (Å²) >= 11 is 0. The van der Waals surface area contributed by atoms with E-state index in [0.717, 1.165) is 23.3 Å². The van der Waals surface area contributed by atoms with Crippen LogP contribution in [0.4, 0.5) is 8.78 Å². The minimum absolute atomic E-state index is 0.0229. The highest BCUT2D eigenvalue weighted by atomic mass is 19.1. The van der Waals surface area contributed by atoms with Crippen molar-refractivity contribution >= 4 is 17.9 Å². The lowest BCUT2D eigenvalue weighted by molar-refractivity contribution is -0.133. The van der Waals surface area contributed by atoms with Gasteiger partial charge in [-0.2, -0.15) is 0 Å². The van der Waals surface area contributed by atoms with Crippen LogP contribution >= 0.6 is 0 Å². The first kappa shape index (κ1) is 29.1. The van der Waals surface area contributed by atoms with Crippen LogP contribution < -0.4 is 16.4 Å². The van der Waals surface area contributed by atoms with Gasteiger partial charge in [0.25, 0.3) is 0 Å². The molecule has 2 atom stereocenters. The summed E-state index contributed by atoms with van der Waals surface area (Å²) in [6.45, 7) is 1.86. The molecule has 2 amide bonds. The lowest BCUT2D eigenvalue weighted by atomic mass is 9.90. The third kappa shape index (κ3) is 8.07. The van der Waals surface area contributed by atoms with Gasteiger partial charge in [0, 0.05) is 49.3 Å². The number of nitrogens with one attached hydrogen (secondary N) is 2. The fourth-order valence-corrected chi connectivity index (χ4v) is 5.03. The van der Waals surface area contributed by atoms with Crippen LogP contribution in [-0.2, 0) is 9.59 Å². The molecule has 0 aromatic heterocycles. The van der Waals surface area contributed by atoms with E-state index in [1.807, 2.05) is 41.3 Å². The van der Waals surface area contributed by atoms with Gasteiger partial charge in [0.15, 0.2) is 0 Å². The maximum atomic E-state index is 13.9. The van der Waals surface area contributed by atoms with Gasteiger partial charge in [-0.25, -0.2) is 8.78 Å². The molecule has 4 N–H and O–H groups in total. The van der Waals surface area contributed by atoms with Crippen LogP contribution in [0.3, 0.4) is 0 Å². The number of benzene rings is 3. The van der Waals surface area contributed by atoms with Crippen molar-refractivity contribution in [2.75, 3.05) is 26.2 Å². The lowest BCUT2D eigenvalue weighted by Gasteiger charge is -2.29. The molecule has 1 saturated heterocycles. The van der Waals surface area contributed by atoms with Gasteiger partial charge in [-0.15, -0.1) is 0 Å². The van der Waals surface area contributed by atoms with Crippen molar-refractivity contribution in [1.82, 2.24) is 15.5 Å². The van der Waals surface area contributed by atoms with Crippen LogP contribution in [0.25, 0.3) is 6.08 Å². The molecule has 0 saturated carbocycles. The average Bonchev–Trinajstić information content (AvgIpc) is 3.12. The predicted octanol–water partition coefficient (Wildman–Crippen LogP) is 4.22. The van der Waals surface area contributed by atoms with Gasteiger partial charge in [0.05, 0.1) is 6.04 Å². The van der Waals surface area contributed by atoms with E-state index in [1.165, 1.54) is 18.2 Å². The molecule has 0 radical (unpaired) electrons. The number of carbonyl (C=O) groups is 2. The standard InChI is InChI=1S/C32H36F2N4O2/c33-26-15-13-25(29(34)20-26)14-16-31(39)36-21-27-17-19-38(32(40)30(37-27)12-7-18-35)22-28(23-8-3-1-4-9-23)24-10-5-2-6-11-24/h1-6,8-11,13-16,20,27-28,30,37H,7,12,17-19,21-22,35H2,(H,36,39)/b16-14+/t27-,30-/m0/s1. The van der Waals surface area contributed by atoms with Crippen LogP contribution in [-0.4, -0.2) is 55.0 Å². The number of nitrogens with two attached hydrogens (primary N) is 1. The molecule has 1 heterocycles. The maximum Gasteiger partial charge on any atom is 0.244 e. The van der Waals surface area contributed by atoms with Crippen LogP contribution in [0.1, 0.15) is 41.9 Å². The SMILES string of the molecule is NCCC[C@@H]1N[C@H](CNC(=O)/C=C/c2ccc(F)cc2F)CCN(CC(c2ccccc2)c2ccccc2)C1=O. The first-order chi connectivity index (χ1) is 19.4. The van der Waals surface area contributed by atoms with Gasteiger partial charge in [-0.3, -0.25) is 9.59 Å². The summed E-state index contributed by atoms with van der Waals surface area (Å²) in [5.74, 6) is -1.75. The highest BCUT2D eigenvalue weighted by molar-refractivity contribution is 5.91. The van der Waals surface area contributed by atoms with Gasteiger partial charge in [-0.1, -0.05) is 60.7 Å². The number of hydrogen-bond acceptors (Lipinski definition) is 4. The Labute approximate surface area is 234 Å². The lowest BCUT2D eigenvalue weighted by Crippen LogP contribution is -2.49. The molecule has 1 aliphatic rings. The summed E-state index contributed by atoms with van der Waals surface area (Å²) in [5, 5.41) is 6.28. The molecule has 8 heteroatoms. The minimum atomic E-state index is -0.736. The van der Waals surface area contributed by atoms with Gasteiger partial charge < -0.3 is 21.3 Å². The zero-order valence-electron chi connectivity index (χ0n) is 22.4. The average molecular weight is 547 g/mol. The smallest absolute Gasteiger partial charge is 0.244 e. The second-order valence-electron chi connectivity index (χ2n) is 10.0. The van der Waals surface area contributed by atoms with Crippen LogP contribution in [0, 0.1) is 11.6 Å². The molecule has 0 unspecified atom stereocenters. The monoisotopic (exact) mass is 546 g/mol. The van der Waals surface area contributed by atoms with E-state index in [1.54, 1.807) is 0 Å². The first-order valence-electron chi connectivity index (χ1n) is 13.7. The Kier molecular flexibility index (Phi) is 10.5. The van der Waals surface area contributed by atoms with Crippen molar-refractivity contribution in [2.45, 2.75) is 37.3 Å². The third-order valence-corrected chi connectivity index (χ3v) is 7.20. The van der Waals surface area contributed by atoms with E-state index in [2.05, 4.69) is 34.9 Å². The highest BCUT2D eigenvalue weighted by Gasteiger charge is 2.32. The molecule has 6 nitrogen and oxygen atoms in total. The van der Waals surface area contributed by atoms with E-state index in [-0.39, 0.29) is 23.4 Å². The van der Waals surface area contributed by atoms with Crippen molar-refractivity contribution in [3.8, 4) is 0 Å². The molecular weight excluding hydrogens is 510 g/mol. The molecule has 0 spiro atoms. The summed E-state index contributed by atoms with van der Waals surface area (Å²) in [6, 6.07) is 23.0. The van der Waals surface area contributed by atoms with Crippen molar-refractivity contribution in [3.63, 3.8) is 0 Å². The molecule has 1 aliphatic heterocycles. The van der Waals surface area contributed by atoms with Crippen molar-refractivity contribution in [3.05, 3.63) is 113 Å². The number of amides is 2. The second-order valence-corrected chi connectivity index (χ2v) is 10.0. The molecule has 4 rings (SSSR count). The zero-order chi connectivity index (χ0) is 28.3. The second kappa shape index (κ2) is 14.5. The topological polar surface area (TPSA) is 87.5 Å². The minimum Gasteiger partial charge on any atom is -0.351 e. The predicted molar refractivity (Wildman–Crippen MR) is 153 cm³/mol. The van der Waals surface area contributed by atoms with Crippen LogP contribution in [0.5, 0.6) is 0 Å². The van der Waals surface area contributed by atoms with E-state index >= 15 is 0 Å².